The van der Waals surface area contributed by atoms with Crippen LogP contribution in [0.4, 0.5) is 5.69 Å². The summed E-state index contributed by atoms with van der Waals surface area (Å²) < 4.78 is 15.2. The van der Waals surface area contributed by atoms with Crippen molar-refractivity contribution in [1.29, 1.82) is 0 Å². The SMILES string of the molecule is CCOC(=O)C1CC(=O)Nc2cc(OC)c(OC)cc2C1=O. The van der Waals surface area contributed by atoms with Crippen molar-refractivity contribution in [2.75, 3.05) is 26.1 Å². The van der Waals surface area contributed by atoms with Gasteiger partial charge in [0.15, 0.2) is 17.3 Å². The minimum Gasteiger partial charge on any atom is -0.493 e. The fourth-order valence-electron chi connectivity index (χ4n) is 2.29. The number of ketones is 1. The van der Waals surface area contributed by atoms with Gasteiger partial charge in [-0.1, -0.05) is 0 Å². The molecule has 1 atom stereocenters. The highest BCUT2D eigenvalue weighted by Crippen LogP contribution is 2.36. The van der Waals surface area contributed by atoms with Crippen molar-refractivity contribution in [2.24, 2.45) is 5.92 Å². The average molecular weight is 307 g/mol. The number of anilines is 1. The van der Waals surface area contributed by atoms with E-state index in [1.807, 2.05) is 0 Å². The summed E-state index contributed by atoms with van der Waals surface area (Å²) in [6, 6.07) is 2.95. The van der Waals surface area contributed by atoms with Gasteiger partial charge in [0.2, 0.25) is 5.91 Å². The molecule has 1 heterocycles. The Morgan fingerprint density at radius 2 is 1.86 bits per heavy atom. The second kappa shape index (κ2) is 6.46. The maximum Gasteiger partial charge on any atom is 0.317 e. The van der Waals surface area contributed by atoms with E-state index in [1.165, 1.54) is 26.4 Å². The standard InChI is InChI=1S/C15H17NO6/c1-4-22-15(19)9-6-13(17)16-10-7-12(21-3)11(20-2)5-8(10)14(9)18/h5,7,9H,4,6H2,1-3H3,(H,16,17). The van der Waals surface area contributed by atoms with Crippen LogP contribution in [-0.4, -0.2) is 38.5 Å². The molecule has 1 aromatic rings. The monoisotopic (exact) mass is 307 g/mol. The molecule has 1 amide bonds. The fourth-order valence-corrected chi connectivity index (χ4v) is 2.29. The topological polar surface area (TPSA) is 90.9 Å². The largest absolute Gasteiger partial charge is 0.493 e. The number of carbonyl (C=O) groups is 3. The smallest absolute Gasteiger partial charge is 0.317 e. The van der Waals surface area contributed by atoms with E-state index >= 15 is 0 Å². The van der Waals surface area contributed by atoms with Gasteiger partial charge >= 0.3 is 5.97 Å². The summed E-state index contributed by atoms with van der Waals surface area (Å²) >= 11 is 0. The average Bonchev–Trinajstić information content (AvgIpc) is 2.62. The van der Waals surface area contributed by atoms with Gasteiger partial charge in [0, 0.05) is 18.1 Å². The molecule has 7 nitrogen and oxygen atoms in total. The lowest BCUT2D eigenvalue weighted by Crippen LogP contribution is -2.27. The summed E-state index contributed by atoms with van der Waals surface area (Å²) in [5.41, 5.74) is 0.487. The normalized spacial score (nSPS) is 17.1. The third-order valence-electron chi connectivity index (χ3n) is 3.34. The molecular weight excluding hydrogens is 290 g/mol. The summed E-state index contributed by atoms with van der Waals surface area (Å²) in [7, 11) is 2.89. The first-order chi connectivity index (χ1) is 10.5. The van der Waals surface area contributed by atoms with E-state index in [2.05, 4.69) is 5.32 Å². The van der Waals surface area contributed by atoms with E-state index in [9.17, 15) is 14.4 Å². The predicted molar refractivity (Wildman–Crippen MR) is 77.2 cm³/mol. The lowest BCUT2D eigenvalue weighted by molar-refractivity contribution is -0.147. The Morgan fingerprint density at radius 3 is 2.45 bits per heavy atom. The molecule has 0 radical (unpaired) electrons. The molecule has 1 unspecified atom stereocenters. The number of hydrogen-bond acceptors (Lipinski definition) is 6. The Bertz CT molecular complexity index is 625. The predicted octanol–water partition coefficient (Wildman–Crippen LogP) is 1.41. The van der Waals surface area contributed by atoms with Gasteiger partial charge in [-0.25, -0.2) is 0 Å². The number of esters is 1. The highest BCUT2D eigenvalue weighted by atomic mass is 16.5. The Labute approximate surface area is 127 Å². The van der Waals surface area contributed by atoms with Crippen molar-refractivity contribution in [3.63, 3.8) is 0 Å². The van der Waals surface area contributed by atoms with Crippen LogP contribution in [0.1, 0.15) is 23.7 Å². The van der Waals surface area contributed by atoms with Gasteiger partial charge < -0.3 is 19.5 Å². The number of carbonyl (C=O) groups excluding carboxylic acids is 3. The van der Waals surface area contributed by atoms with Crippen molar-refractivity contribution < 1.29 is 28.6 Å². The number of fused-ring (bicyclic) bond motifs is 1. The summed E-state index contributed by atoms with van der Waals surface area (Å²) in [4.78, 5) is 36.4. The summed E-state index contributed by atoms with van der Waals surface area (Å²) in [5.74, 6) is -2.05. The van der Waals surface area contributed by atoms with Crippen LogP contribution in [0.15, 0.2) is 12.1 Å². The molecule has 0 fully saturated rings. The van der Waals surface area contributed by atoms with E-state index in [1.54, 1.807) is 6.92 Å². The number of hydrogen-bond donors (Lipinski definition) is 1. The molecule has 7 heteroatoms. The highest BCUT2D eigenvalue weighted by Gasteiger charge is 2.36. The zero-order valence-corrected chi connectivity index (χ0v) is 12.6. The molecule has 0 aliphatic carbocycles. The van der Waals surface area contributed by atoms with E-state index < -0.39 is 23.6 Å². The first-order valence-corrected chi connectivity index (χ1v) is 6.78. The van der Waals surface area contributed by atoms with Gasteiger partial charge in [-0.3, -0.25) is 14.4 Å². The van der Waals surface area contributed by atoms with Crippen LogP contribution in [0.3, 0.4) is 0 Å². The second-order valence-electron chi connectivity index (χ2n) is 4.67. The summed E-state index contributed by atoms with van der Waals surface area (Å²) in [6.07, 6.45) is -0.253. The molecule has 1 aliphatic rings. The van der Waals surface area contributed by atoms with Gasteiger partial charge in [-0.15, -0.1) is 0 Å². The van der Waals surface area contributed by atoms with Crippen LogP contribution < -0.4 is 14.8 Å². The lowest BCUT2D eigenvalue weighted by atomic mass is 9.95. The maximum absolute atomic E-state index is 12.6. The molecule has 1 N–H and O–H groups in total. The summed E-state index contributed by atoms with van der Waals surface area (Å²) in [6.45, 7) is 1.78. The van der Waals surface area contributed by atoms with Crippen molar-refractivity contribution in [1.82, 2.24) is 0 Å². The van der Waals surface area contributed by atoms with Crippen molar-refractivity contribution in [3.8, 4) is 11.5 Å². The number of Topliss-reactive ketones (excluding diaryl/α,β-unsaturated/α-hetero) is 1. The zero-order chi connectivity index (χ0) is 16.3. The minimum atomic E-state index is -1.15. The Hall–Kier alpha value is -2.57. The number of methoxy groups -OCH3 is 2. The van der Waals surface area contributed by atoms with Crippen LogP contribution in [0.25, 0.3) is 0 Å². The molecule has 0 aromatic heterocycles. The maximum atomic E-state index is 12.6. The first-order valence-electron chi connectivity index (χ1n) is 6.78. The van der Waals surface area contributed by atoms with Gasteiger partial charge in [0.1, 0.15) is 5.92 Å². The Balaban J connectivity index is 2.50. The number of amides is 1. The third kappa shape index (κ3) is 2.88. The Kier molecular flexibility index (Phi) is 4.65. The molecule has 0 spiro atoms. The van der Waals surface area contributed by atoms with Crippen molar-refractivity contribution in [2.45, 2.75) is 13.3 Å². The summed E-state index contributed by atoms with van der Waals surface area (Å²) in [5, 5.41) is 2.60. The highest BCUT2D eigenvalue weighted by molar-refractivity contribution is 6.17. The fraction of sp³-hybridized carbons (Fsp3) is 0.400. The number of rotatable bonds is 4. The first kappa shape index (κ1) is 15.8. The molecule has 1 aliphatic heterocycles. The van der Waals surface area contributed by atoms with Crippen LogP contribution >= 0.6 is 0 Å². The van der Waals surface area contributed by atoms with Crippen LogP contribution in [-0.2, 0) is 14.3 Å². The zero-order valence-electron chi connectivity index (χ0n) is 12.6. The van der Waals surface area contributed by atoms with E-state index in [-0.39, 0.29) is 18.6 Å². The molecule has 118 valence electrons. The van der Waals surface area contributed by atoms with Crippen molar-refractivity contribution >= 4 is 23.3 Å². The van der Waals surface area contributed by atoms with E-state index in [4.69, 9.17) is 14.2 Å². The molecule has 0 saturated carbocycles. The van der Waals surface area contributed by atoms with Gasteiger partial charge in [-0.05, 0) is 13.0 Å². The number of ether oxygens (including phenoxy) is 3. The molecule has 22 heavy (non-hydrogen) atoms. The van der Waals surface area contributed by atoms with E-state index in [0.29, 0.717) is 17.2 Å². The third-order valence-corrected chi connectivity index (χ3v) is 3.34. The lowest BCUT2D eigenvalue weighted by Gasteiger charge is -2.14. The molecule has 0 saturated heterocycles. The Morgan fingerprint density at radius 1 is 1.23 bits per heavy atom. The number of nitrogens with one attached hydrogen (secondary N) is 1. The van der Waals surface area contributed by atoms with Crippen molar-refractivity contribution in [3.05, 3.63) is 17.7 Å². The second-order valence-corrected chi connectivity index (χ2v) is 4.67. The van der Waals surface area contributed by atoms with Gasteiger partial charge in [0.25, 0.3) is 0 Å². The minimum absolute atomic E-state index is 0.142. The molecule has 1 aromatic carbocycles. The van der Waals surface area contributed by atoms with Crippen LogP contribution in [0.2, 0.25) is 0 Å². The molecular formula is C15H17NO6. The molecule has 2 rings (SSSR count). The quantitative estimate of drug-likeness (QED) is 0.668. The van der Waals surface area contributed by atoms with Crippen LogP contribution in [0.5, 0.6) is 11.5 Å². The van der Waals surface area contributed by atoms with E-state index in [0.717, 1.165) is 0 Å². The molecule has 0 bridgehead atoms. The van der Waals surface area contributed by atoms with Crippen LogP contribution in [0, 0.1) is 5.92 Å². The van der Waals surface area contributed by atoms with Gasteiger partial charge in [-0.2, -0.15) is 0 Å². The number of benzene rings is 1. The van der Waals surface area contributed by atoms with Gasteiger partial charge in [0.05, 0.1) is 26.5 Å².